The molecule has 7 heteroatoms. The van der Waals surface area contributed by atoms with Crippen LogP contribution >= 0.6 is 0 Å². The molecule has 0 aliphatic heterocycles. The van der Waals surface area contributed by atoms with Crippen LogP contribution in [0.5, 0.6) is 5.75 Å². The van der Waals surface area contributed by atoms with Crippen molar-refractivity contribution in [2.45, 2.75) is 97.8 Å². The highest BCUT2D eigenvalue weighted by molar-refractivity contribution is 6.77. The van der Waals surface area contributed by atoms with Gasteiger partial charge in [0, 0.05) is 37.7 Å². The third-order valence-corrected chi connectivity index (χ3v) is 14.8. The highest BCUT2D eigenvalue weighted by Gasteiger charge is 2.51. The highest BCUT2D eigenvalue weighted by atomic mass is 28.4. The van der Waals surface area contributed by atoms with Gasteiger partial charge in [-0.3, -0.25) is 0 Å². The van der Waals surface area contributed by atoms with Crippen LogP contribution in [0.15, 0.2) is 41.4 Å². The standard InChI is InChI=1S/C31H52O6Si/c1-19(2)38(20(3)4,21(5)6)37-27-17-24(31(8,9)25(18-33-10)22(27)7)29(32)28-23(30(35-12)36-13)15-14-16-26(28)34-11/h14-16,18-21,24,29-30,32H,17H2,1-13H3/b25-18+/t24-,29+/m0/s1. The molecular weight excluding hydrogens is 496 g/mol. The topological polar surface area (TPSA) is 66.4 Å². The van der Waals surface area contributed by atoms with E-state index in [0.29, 0.717) is 34.4 Å². The Bertz CT molecular complexity index is 968. The summed E-state index contributed by atoms with van der Waals surface area (Å²) in [6.07, 6.45) is 0.914. The normalized spacial score (nSPS) is 20.2. The fourth-order valence-corrected chi connectivity index (χ4v) is 12.2. The molecule has 1 aliphatic carbocycles. The summed E-state index contributed by atoms with van der Waals surface area (Å²) in [7, 11) is 4.26. The van der Waals surface area contributed by atoms with Crippen molar-refractivity contribution in [3.8, 4) is 5.75 Å². The van der Waals surface area contributed by atoms with E-state index in [2.05, 4.69) is 62.3 Å². The van der Waals surface area contributed by atoms with E-state index in [1.165, 1.54) is 0 Å². The number of aliphatic hydroxyl groups excluding tert-OH is 1. The molecule has 0 saturated heterocycles. The molecule has 216 valence electrons. The van der Waals surface area contributed by atoms with E-state index in [-0.39, 0.29) is 5.92 Å². The Morgan fingerprint density at radius 1 is 0.947 bits per heavy atom. The van der Waals surface area contributed by atoms with Crippen LogP contribution < -0.4 is 4.74 Å². The molecular formula is C31H52O6Si. The van der Waals surface area contributed by atoms with E-state index in [9.17, 15) is 5.11 Å². The molecule has 6 nitrogen and oxygen atoms in total. The summed E-state index contributed by atoms with van der Waals surface area (Å²) in [5.74, 6) is 1.35. The summed E-state index contributed by atoms with van der Waals surface area (Å²) in [6.45, 7) is 20.2. The van der Waals surface area contributed by atoms with Crippen LogP contribution in [-0.4, -0.2) is 41.9 Å². The molecule has 0 aromatic heterocycles. The second-order valence-corrected chi connectivity index (χ2v) is 17.4. The number of rotatable bonds is 12. The molecule has 1 aliphatic rings. The minimum Gasteiger partial charge on any atom is -0.545 e. The second kappa shape index (κ2) is 13.0. The number of hydrogen-bond acceptors (Lipinski definition) is 6. The maximum atomic E-state index is 12.2. The zero-order valence-corrected chi connectivity index (χ0v) is 27.0. The van der Waals surface area contributed by atoms with Crippen LogP contribution in [-0.2, 0) is 18.6 Å². The van der Waals surface area contributed by atoms with Crippen molar-refractivity contribution in [3.63, 3.8) is 0 Å². The first kappa shape index (κ1) is 32.4. The number of allylic oxidation sites excluding steroid dienone is 3. The minimum atomic E-state index is -2.23. The molecule has 2 atom stereocenters. The summed E-state index contributed by atoms with van der Waals surface area (Å²) < 4.78 is 29.8. The van der Waals surface area contributed by atoms with Gasteiger partial charge in [0.25, 0.3) is 8.32 Å². The summed E-state index contributed by atoms with van der Waals surface area (Å²) in [6, 6.07) is 5.69. The molecule has 2 rings (SSSR count). The minimum absolute atomic E-state index is 0.217. The molecule has 0 saturated carbocycles. The van der Waals surface area contributed by atoms with E-state index in [4.69, 9.17) is 23.4 Å². The molecule has 38 heavy (non-hydrogen) atoms. The lowest BCUT2D eigenvalue weighted by Crippen LogP contribution is -2.48. The molecule has 0 spiro atoms. The summed E-state index contributed by atoms with van der Waals surface area (Å²) in [5.41, 5.74) is 4.44. The third-order valence-electron chi connectivity index (χ3n) is 8.77. The molecule has 1 aromatic carbocycles. The van der Waals surface area contributed by atoms with Gasteiger partial charge in [-0.05, 0) is 46.2 Å². The van der Waals surface area contributed by atoms with E-state index >= 15 is 0 Å². The predicted molar refractivity (Wildman–Crippen MR) is 157 cm³/mol. The Labute approximate surface area is 232 Å². The van der Waals surface area contributed by atoms with Gasteiger partial charge in [0.05, 0.1) is 32.3 Å². The largest absolute Gasteiger partial charge is 0.545 e. The lowest BCUT2D eigenvalue weighted by atomic mass is 9.62. The molecule has 0 fully saturated rings. The fraction of sp³-hybridized carbons (Fsp3) is 0.677. The first-order chi connectivity index (χ1) is 17.8. The molecule has 1 aromatic rings. The van der Waals surface area contributed by atoms with Gasteiger partial charge in [0.2, 0.25) is 0 Å². The van der Waals surface area contributed by atoms with Crippen molar-refractivity contribution >= 4 is 8.32 Å². The molecule has 0 heterocycles. The zero-order valence-electron chi connectivity index (χ0n) is 26.0. The molecule has 0 amide bonds. The van der Waals surface area contributed by atoms with E-state index < -0.39 is 26.1 Å². The van der Waals surface area contributed by atoms with Crippen molar-refractivity contribution in [1.82, 2.24) is 0 Å². The fourth-order valence-electron chi connectivity index (χ4n) is 6.80. The van der Waals surface area contributed by atoms with Gasteiger partial charge in [-0.2, -0.15) is 0 Å². The van der Waals surface area contributed by atoms with Crippen molar-refractivity contribution in [1.29, 1.82) is 0 Å². The predicted octanol–water partition coefficient (Wildman–Crippen LogP) is 8.06. The number of ether oxygens (including phenoxy) is 4. The maximum absolute atomic E-state index is 12.2. The van der Waals surface area contributed by atoms with Crippen molar-refractivity contribution < 1.29 is 28.5 Å². The van der Waals surface area contributed by atoms with Crippen LogP contribution in [0.4, 0.5) is 0 Å². The maximum Gasteiger partial charge on any atom is 0.258 e. The van der Waals surface area contributed by atoms with Gasteiger partial charge >= 0.3 is 0 Å². The van der Waals surface area contributed by atoms with Crippen LogP contribution in [0.25, 0.3) is 0 Å². The zero-order chi connectivity index (χ0) is 29.0. The average molecular weight is 549 g/mol. The number of methoxy groups -OCH3 is 4. The van der Waals surface area contributed by atoms with Gasteiger partial charge in [0.1, 0.15) is 5.75 Å². The SMILES string of the molecule is CO/C=C1\C(C)=C(O[Si](C(C)C)(C(C)C)C(C)C)C[C@@H]([C@@H](O)c2c(OC)cccc2C(OC)OC)C1(C)C. The quantitative estimate of drug-likeness (QED) is 0.162. The van der Waals surface area contributed by atoms with E-state index in [0.717, 1.165) is 22.5 Å². The monoisotopic (exact) mass is 548 g/mol. The van der Waals surface area contributed by atoms with Gasteiger partial charge in [-0.25, -0.2) is 0 Å². The number of aliphatic hydroxyl groups is 1. The van der Waals surface area contributed by atoms with Gasteiger partial charge in [-0.15, -0.1) is 0 Å². The Balaban J connectivity index is 2.77. The summed E-state index contributed by atoms with van der Waals surface area (Å²) in [4.78, 5) is 0. The Kier molecular flexibility index (Phi) is 11.1. The molecule has 1 N–H and O–H groups in total. The van der Waals surface area contributed by atoms with Crippen LogP contribution in [0.2, 0.25) is 16.6 Å². The van der Waals surface area contributed by atoms with Crippen LogP contribution in [0.3, 0.4) is 0 Å². The Hall–Kier alpha value is -1.80. The average Bonchev–Trinajstić information content (AvgIpc) is 2.85. The van der Waals surface area contributed by atoms with Gasteiger partial charge in [-0.1, -0.05) is 67.5 Å². The summed E-state index contributed by atoms with van der Waals surface area (Å²) in [5, 5.41) is 12.2. The first-order valence-corrected chi connectivity index (χ1v) is 15.9. The van der Waals surface area contributed by atoms with Gasteiger partial charge in [0.15, 0.2) is 6.29 Å². The second-order valence-electron chi connectivity index (χ2n) is 12.0. The smallest absolute Gasteiger partial charge is 0.258 e. The van der Waals surface area contributed by atoms with E-state index in [1.807, 2.05) is 24.5 Å². The summed E-state index contributed by atoms with van der Waals surface area (Å²) >= 11 is 0. The van der Waals surface area contributed by atoms with Gasteiger partial charge < -0.3 is 28.5 Å². The lowest BCUT2D eigenvalue weighted by molar-refractivity contribution is -0.108. The van der Waals surface area contributed by atoms with Crippen LogP contribution in [0.1, 0.15) is 92.3 Å². The van der Waals surface area contributed by atoms with Crippen molar-refractivity contribution in [2.24, 2.45) is 11.3 Å². The first-order valence-electron chi connectivity index (χ1n) is 13.8. The molecule has 0 unspecified atom stereocenters. The number of benzene rings is 1. The van der Waals surface area contributed by atoms with Crippen LogP contribution in [0, 0.1) is 11.3 Å². The van der Waals surface area contributed by atoms with E-state index in [1.54, 1.807) is 28.4 Å². The number of hydrogen-bond donors (Lipinski definition) is 1. The third kappa shape index (κ3) is 5.86. The molecule has 0 radical (unpaired) electrons. The van der Waals surface area contributed by atoms with Crippen molar-refractivity contribution in [3.05, 3.63) is 52.5 Å². The highest BCUT2D eigenvalue weighted by Crippen LogP contribution is 2.55. The van der Waals surface area contributed by atoms with Crippen molar-refractivity contribution in [2.75, 3.05) is 28.4 Å². The Morgan fingerprint density at radius 2 is 1.50 bits per heavy atom. The molecule has 0 bridgehead atoms. The Morgan fingerprint density at radius 3 is 1.95 bits per heavy atom. The lowest BCUT2D eigenvalue weighted by Gasteiger charge is -2.49.